The van der Waals surface area contributed by atoms with Gasteiger partial charge in [-0.25, -0.2) is 15.8 Å². The van der Waals surface area contributed by atoms with Gasteiger partial charge in [-0.1, -0.05) is 25.6 Å². The summed E-state index contributed by atoms with van der Waals surface area (Å²) >= 11 is 1.49. The maximum absolute atomic E-state index is 5.41. The number of hydrogen-bond donors (Lipinski definition) is 3. The Hall–Kier alpha value is -1.05. The van der Waals surface area contributed by atoms with E-state index in [2.05, 4.69) is 46.4 Å². The fourth-order valence-electron chi connectivity index (χ4n) is 1.83. The van der Waals surface area contributed by atoms with Crippen molar-refractivity contribution in [3.05, 3.63) is 6.07 Å². The Labute approximate surface area is 119 Å². The lowest BCUT2D eigenvalue weighted by molar-refractivity contribution is 0.294. The average Bonchev–Trinajstić information content (AvgIpc) is 2.44. The molecule has 1 atom stereocenters. The van der Waals surface area contributed by atoms with Gasteiger partial charge in [-0.15, -0.1) is 0 Å². The summed E-state index contributed by atoms with van der Waals surface area (Å²) in [4.78, 5) is 11.0. The van der Waals surface area contributed by atoms with Gasteiger partial charge >= 0.3 is 0 Å². The van der Waals surface area contributed by atoms with Crippen LogP contribution in [0.4, 0.5) is 11.6 Å². The van der Waals surface area contributed by atoms with Gasteiger partial charge in [0.1, 0.15) is 11.6 Å². The summed E-state index contributed by atoms with van der Waals surface area (Å²) in [5.41, 5.74) is 2.56. The molecule has 0 saturated carbocycles. The predicted octanol–water partition coefficient (Wildman–Crippen LogP) is 1.63. The highest BCUT2D eigenvalue weighted by molar-refractivity contribution is 7.98. The van der Waals surface area contributed by atoms with E-state index in [-0.39, 0.29) is 0 Å². The van der Waals surface area contributed by atoms with Gasteiger partial charge in [0.2, 0.25) is 0 Å². The van der Waals surface area contributed by atoms with Crippen LogP contribution in [0.1, 0.15) is 20.8 Å². The first-order chi connectivity index (χ1) is 9.12. The topological polar surface area (TPSA) is 79.1 Å². The van der Waals surface area contributed by atoms with Gasteiger partial charge in [-0.05, 0) is 26.3 Å². The van der Waals surface area contributed by atoms with Crippen molar-refractivity contribution in [2.75, 3.05) is 36.6 Å². The molecule has 0 aliphatic carbocycles. The Kier molecular flexibility index (Phi) is 6.90. The Morgan fingerprint density at radius 2 is 1.95 bits per heavy atom. The van der Waals surface area contributed by atoms with Gasteiger partial charge < -0.3 is 15.6 Å². The molecule has 1 unspecified atom stereocenters. The van der Waals surface area contributed by atoms with E-state index >= 15 is 0 Å². The minimum atomic E-state index is 0.315. The van der Waals surface area contributed by atoms with E-state index in [0.717, 1.165) is 25.5 Å². The molecule has 108 valence electrons. The second-order valence-electron chi connectivity index (χ2n) is 4.30. The van der Waals surface area contributed by atoms with E-state index < -0.39 is 0 Å². The van der Waals surface area contributed by atoms with Crippen LogP contribution in [0.3, 0.4) is 0 Å². The van der Waals surface area contributed by atoms with Crippen LogP contribution in [0.15, 0.2) is 11.2 Å². The Morgan fingerprint density at radius 1 is 1.32 bits per heavy atom. The Morgan fingerprint density at radius 3 is 2.47 bits per heavy atom. The quantitative estimate of drug-likeness (QED) is 0.290. The fraction of sp³-hybridized carbons (Fsp3) is 0.667. The molecule has 0 radical (unpaired) electrons. The van der Waals surface area contributed by atoms with Crippen molar-refractivity contribution in [2.45, 2.75) is 32.0 Å². The second kappa shape index (κ2) is 8.19. The summed E-state index contributed by atoms with van der Waals surface area (Å²) in [6.45, 7) is 9.58. The van der Waals surface area contributed by atoms with Gasteiger partial charge in [0, 0.05) is 18.7 Å². The summed E-state index contributed by atoms with van der Waals surface area (Å²) in [7, 11) is 0. The largest absolute Gasteiger partial charge is 0.366 e. The first kappa shape index (κ1) is 16.0. The van der Waals surface area contributed by atoms with E-state index in [9.17, 15) is 0 Å². The lowest BCUT2D eigenvalue weighted by Gasteiger charge is -2.23. The number of nitrogens with zero attached hydrogens (tertiary/aromatic N) is 3. The maximum Gasteiger partial charge on any atom is 0.191 e. The van der Waals surface area contributed by atoms with Crippen molar-refractivity contribution in [1.82, 2.24) is 14.9 Å². The molecule has 1 aromatic heterocycles. The molecule has 0 aliphatic heterocycles. The number of hydrogen-bond acceptors (Lipinski definition) is 7. The summed E-state index contributed by atoms with van der Waals surface area (Å²) in [6.07, 6.45) is 1.94. The van der Waals surface area contributed by atoms with Crippen LogP contribution in [0.25, 0.3) is 0 Å². The zero-order chi connectivity index (χ0) is 14.3. The lowest BCUT2D eigenvalue weighted by atomic mass is 10.3. The molecule has 0 saturated heterocycles. The molecule has 0 spiro atoms. The van der Waals surface area contributed by atoms with Crippen molar-refractivity contribution in [2.24, 2.45) is 5.84 Å². The predicted molar refractivity (Wildman–Crippen MR) is 82.5 cm³/mol. The summed E-state index contributed by atoms with van der Waals surface area (Å²) in [6, 6.07) is 2.13. The molecule has 1 aromatic rings. The highest BCUT2D eigenvalue weighted by Crippen LogP contribution is 2.17. The van der Waals surface area contributed by atoms with Crippen LogP contribution in [0.2, 0.25) is 0 Å². The lowest BCUT2D eigenvalue weighted by Crippen LogP contribution is -2.35. The Balaban J connectivity index is 2.69. The molecule has 0 bridgehead atoms. The average molecular weight is 284 g/mol. The van der Waals surface area contributed by atoms with Crippen molar-refractivity contribution >= 4 is 23.4 Å². The van der Waals surface area contributed by atoms with E-state index in [4.69, 9.17) is 5.84 Å². The van der Waals surface area contributed by atoms with Crippen molar-refractivity contribution in [1.29, 1.82) is 0 Å². The highest BCUT2D eigenvalue weighted by atomic mass is 32.2. The van der Waals surface area contributed by atoms with Gasteiger partial charge in [-0.2, -0.15) is 0 Å². The minimum absolute atomic E-state index is 0.315. The van der Waals surface area contributed by atoms with Crippen LogP contribution < -0.4 is 16.6 Å². The number of anilines is 2. The van der Waals surface area contributed by atoms with Gasteiger partial charge in [0.15, 0.2) is 5.16 Å². The van der Waals surface area contributed by atoms with Crippen LogP contribution in [-0.4, -0.2) is 46.8 Å². The monoisotopic (exact) mass is 284 g/mol. The number of nitrogen functional groups attached to an aromatic ring is 1. The van der Waals surface area contributed by atoms with Gasteiger partial charge in [-0.3, -0.25) is 0 Å². The summed E-state index contributed by atoms with van der Waals surface area (Å²) in [5, 5.41) is 4.09. The number of rotatable bonds is 8. The number of likely N-dealkylation sites (N-methyl/N-ethyl adjacent to an activating group) is 1. The van der Waals surface area contributed by atoms with Gasteiger partial charge in [0.05, 0.1) is 0 Å². The van der Waals surface area contributed by atoms with Crippen LogP contribution in [-0.2, 0) is 0 Å². The van der Waals surface area contributed by atoms with E-state index in [1.165, 1.54) is 11.8 Å². The SMILES string of the molecule is CCN(CC)CC(C)Nc1cc(NN)nc(SC)n1. The third-order valence-corrected chi connectivity index (χ3v) is 3.40. The third-order valence-electron chi connectivity index (χ3n) is 2.86. The zero-order valence-electron chi connectivity index (χ0n) is 12.1. The van der Waals surface area contributed by atoms with Crippen LogP contribution in [0.5, 0.6) is 0 Å². The first-order valence-corrected chi connectivity index (χ1v) is 7.73. The molecule has 0 amide bonds. The second-order valence-corrected chi connectivity index (χ2v) is 5.07. The highest BCUT2D eigenvalue weighted by Gasteiger charge is 2.09. The first-order valence-electron chi connectivity index (χ1n) is 6.51. The standard InChI is InChI=1S/C12H24N6S/c1-5-18(6-2)8-9(3)14-10-7-11(17-13)16-12(15-10)19-4/h7,9H,5-6,8,13H2,1-4H3,(H2,14,15,16,17). The molecule has 6 nitrogen and oxygen atoms in total. The number of aromatic nitrogens is 2. The third kappa shape index (κ3) is 5.22. The number of hydrazine groups is 1. The number of thioether (sulfide) groups is 1. The molecule has 19 heavy (non-hydrogen) atoms. The number of nitrogens with one attached hydrogen (secondary N) is 2. The van der Waals surface area contributed by atoms with E-state index in [1.807, 2.05) is 12.3 Å². The fourth-order valence-corrected chi connectivity index (χ4v) is 2.21. The van der Waals surface area contributed by atoms with Crippen LogP contribution in [0, 0.1) is 0 Å². The summed E-state index contributed by atoms with van der Waals surface area (Å²) < 4.78 is 0. The van der Waals surface area contributed by atoms with E-state index in [1.54, 1.807) is 0 Å². The number of nitrogens with two attached hydrogens (primary N) is 1. The molecule has 0 aliphatic rings. The van der Waals surface area contributed by atoms with Gasteiger partial charge in [0.25, 0.3) is 0 Å². The summed E-state index contributed by atoms with van der Waals surface area (Å²) in [5.74, 6) is 6.83. The van der Waals surface area contributed by atoms with Crippen molar-refractivity contribution in [3.8, 4) is 0 Å². The molecule has 0 aromatic carbocycles. The van der Waals surface area contributed by atoms with Crippen LogP contribution >= 0.6 is 11.8 Å². The van der Waals surface area contributed by atoms with Crippen molar-refractivity contribution < 1.29 is 0 Å². The zero-order valence-corrected chi connectivity index (χ0v) is 12.9. The molecule has 1 rings (SSSR count). The Bertz CT molecular complexity index is 360. The molecular weight excluding hydrogens is 260 g/mol. The van der Waals surface area contributed by atoms with Crippen molar-refractivity contribution in [3.63, 3.8) is 0 Å². The normalized spacial score (nSPS) is 12.5. The molecule has 1 heterocycles. The minimum Gasteiger partial charge on any atom is -0.366 e. The smallest absolute Gasteiger partial charge is 0.191 e. The maximum atomic E-state index is 5.41. The molecule has 4 N–H and O–H groups in total. The molecule has 0 fully saturated rings. The van der Waals surface area contributed by atoms with E-state index in [0.29, 0.717) is 17.0 Å². The molecule has 7 heteroatoms. The molecular formula is C12H24N6S.